The largest absolute Gasteiger partial charge is 0.483 e. The highest BCUT2D eigenvalue weighted by Crippen LogP contribution is 2.26. The molecule has 1 aliphatic rings. The van der Waals surface area contributed by atoms with E-state index in [-0.39, 0.29) is 12.5 Å². The minimum Gasteiger partial charge on any atom is -0.483 e. The number of benzene rings is 3. The number of carbonyl (C=O) groups is 2. The second-order valence-corrected chi connectivity index (χ2v) is 6.80. The maximum Gasteiger partial charge on any atom is 0.262 e. The summed E-state index contributed by atoms with van der Waals surface area (Å²) < 4.78 is 11.0. The third kappa shape index (κ3) is 4.38. The molecule has 1 fully saturated rings. The first-order valence-electron chi connectivity index (χ1n) is 9.57. The third-order valence-corrected chi connectivity index (χ3v) is 4.93. The van der Waals surface area contributed by atoms with Gasteiger partial charge in [-0.05, 0) is 41.1 Å². The monoisotopic (exact) mass is 390 g/mol. The molecular formula is C23H22N2O4. The van der Waals surface area contributed by atoms with Gasteiger partial charge in [-0.15, -0.1) is 0 Å². The minimum atomic E-state index is -0.283. The van der Waals surface area contributed by atoms with Gasteiger partial charge < -0.3 is 19.7 Å². The van der Waals surface area contributed by atoms with Crippen molar-refractivity contribution in [2.24, 2.45) is 0 Å². The van der Waals surface area contributed by atoms with Gasteiger partial charge in [0, 0.05) is 24.5 Å². The topological polar surface area (TPSA) is 67.9 Å². The fourth-order valence-electron chi connectivity index (χ4n) is 3.44. The van der Waals surface area contributed by atoms with Gasteiger partial charge in [-0.2, -0.15) is 0 Å². The second kappa shape index (κ2) is 8.75. The highest BCUT2D eigenvalue weighted by molar-refractivity contribution is 6.01. The zero-order chi connectivity index (χ0) is 20.1. The number of nitrogens with one attached hydrogen (secondary N) is 1. The first-order valence-corrected chi connectivity index (χ1v) is 9.57. The highest BCUT2D eigenvalue weighted by Gasteiger charge is 2.12. The Morgan fingerprint density at radius 3 is 2.55 bits per heavy atom. The zero-order valence-corrected chi connectivity index (χ0v) is 16.0. The Morgan fingerprint density at radius 2 is 1.79 bits per heavy atom. The summed E-state index contributed by atoms with van der Waals surface area (Å²) in [5.41, 5.74) is 2.25. The zero-order valence-electron chi connectivity index (χ0n) is 16.0. The summed E-state index contributed by atoms with van der Waals surface area (Å²) in [6.45, 7) is 3.01. The third-order valence-electron chi connectivity index (χ3n) is 4.93. The molecule has 0 bridgehead atoms. The van der Waals surface area contributed by atoms with Crippen LogP contribution >= 0.6 is 0 Å². The van der Waals surface area contributed by atoms with E-state index in [0.717, 1.165) is 49.0 Å². The molecule has 0 atom stereocenters. The minimum absolute atomic E-state index is 0.176. The summed E-state index contributed by atoms with van der Waals surface area (Å²) in [6, 6.07) is 18.9. The smallest absolute Gasteiger partial charge is 0.262 e. The summed E-state index contributed by atoms with van der Waals surface area (Å²) in [5, 5.41) is 4.58. The molecule has 3 aromatic carbocycles. The molecule has 0 aliphatic carbocycles. The van der Waals surface area contributed by atoms with Crippen molar-refractivity contribution in [3.63, 3.8) is 0 Å². The van der Waals surface area contributed by atoms with E-state index >= 15 is 0 Å². The molecule has 6 nitrogen and oxygen atoms in total. The lowest BCUT2D eigenvalue weighted by Crippen LogP contribution is -2.36. The summed E-state index contributed by atoms with van der Waals surface area (Å²) in [4.78, 5) is 26.1. The van der Waals surface area contributed by atoms with Gasteiger partial charge in [0.15, 0.2) is 12.9 Å². The van der Waals surface area contributed by atoms with Gasteiger partial charge in [-0.3, -0.25) is 9.59 Å². The van der Waals surface area contributed by atoms with E-state index in [0.29, 0.717) is 17.0 Å². The van der Waals surface area contributed by atoms with Crippen LogP contribution in [0.2, 0.25) is 0 Å². The van der Waals surface area contributed by atoms with Crippen molar-refractivity contribution < 1.29 is 19.1 Å². The lowest BCUT2D eigenvalue weighted by molar-refractivity contribution is -0.118. The van der Waals surface area contributed by atoms with Crippen LogP contribution in [0.4, 0.5) is 11.4 Å². The van der Waals surface area contributed by atoms with Crippen molar-refractivity contribution in [3.05, 3.63) is 66.2 Å². The molecule has 4 rings (SSSR count). The van der Waals surface area contributed by atoms with Crippen molar-refractivity contribution in [1.29, 1.82) is 0 Å². The highest BCUT2D eigenvalue weighted by atomic mass is 16.5. The van der Waals surface area contributed by atoms with Gasteiger partial charge in [0.1, 0.15) is 5.75 Å². The van der Waals surface area contributed by atoms with E-state index in [1.54, 1.807) is 6.07 Å². The van der Waals surface area contributed by atoms with Crippen LogP contribution in [-0.2, 0) is 9.53 Å². The maximum absolute atomic E-state index is 12.3. The van der Waals surface area contributed by atoms with Crippen LogP contribution in [0, 0.1) is 0 Å². The molecule has 0 unspecified atom stereocenters. The standard InChI is InChI=1S/C23H22N2O4/c26-15-21-20-4-2-1-3-17(20)5-10-22(21)29-16-23(27)24-18-6-8-19(9-7-18)25-11-13-28-14-12-25/h1-10,15H,11-14,16H2,(H,24,27). The van der Waals surface area contributed by atoms with Crippen molar-refractivity contribution in [2.45, 2.75) is 0 Å². The maximum atomic E-state index is 12.3. The van der Waals surface area contributed by atoms with E-state index in [1.165, 1.54) is 0 Å². The summed E-state index contributed by atoms with van der Waals surface area (Å²) in [5.74, 6) is 0.116. The molecule has 0 saturated carbocycles. The molecule has 0 aromatic heterocycles. The van der Waals surface area contributed by atoms with Crippen LogP contribution in [0.1, 0.15) is 10.4 Å². The van der Waals surface area contributed by atoms with Crippen LogP contribution in [0.25, 0.3) is 10.8 Å². The quantitative estimate of drug-likeness (QED) is 0.653. The first-order chi connectivity index (χ1) is 14.2. The van der Waals surface area contributed by atoms with Crippen LogP contribution in [0.15, 0.2) is 60.7 Å². The van der Waals surface area contributed by atoms with Crippen molar-refractivity contribution in [2.75, 3.05) is 43.1 Å². The van der Waals surface area contributed by atoms with Crippen LogP contribution in [0.5, 0.6) is 5.75 Å². The van der Waals surface area contributed by atoms with Gasteiger partial charge in [-0.1, -0.05) is 30.3 Å². The number of morpholine rings is 1. The van der Waals surface area contributed by atoms with Gasteiger partial charge >= 0.3 is 0 Å². The summed E-state index contributed by atoms with van der Waals surface area (Å²) >= 11 is 0. The molecule has 1 amide bonds. The average molecular weight is 390 g/mol. The second-order valence-electron chi connectivity index (χ2n) is 6.80. The number of nitrogens with zero attached hydrogens (tertiary/aromatic N) is 1. The number of aldehydes is 1. The Balaban J connectivity index is 1.38. The van der Waals surface area contributed by atoms with E-state index in [1.807, 2.05) is 54.6 Å². The molecule has 148 valence electrons. The fraction of sp³-hybridized carbons (Fsp3) is 0.217. The number of hydrogen-bond acceptors (Lipinski definition) is 5. The lowest BCUT2D eigenvalue weighted by atomic mass is 10.0. The van der Waals surface area contributed by atoms with Gasteiger partial charge in [0.05, 0.1) is 18.8 Å². The number of anilines is 2. The van der Waals surface area contributed by atoms with Crippen LogP contribution in [0.3, 0.4) is 0 Å². The van der Waals surface area contributed by atoms with Gasteiger partial charge in [0.25, 0.3) is 5.91 Å². The van der Waals surface area contributed by atoms with Crippen LogP contribution < -0.4 is 15.0 Å². The molecule has 6 heteroatoms. The Kier molecular flexibility index (Phi) is 5.72. The van der Waals surface area contributed by atoms with Gasteiger partial charge in [-0.25, -0.2) is 0 Å². The normalized spacial score (nSPS) is 13.9. The SMILES string of the molecule is O=Cc1c(OCC(=O)Nc2ccc(N3CCOCC3)cc2)ccc2ccccc12. The molecule has 3 aromatic rings. The van der Waals surface area contributed by atoms with Crippen molar-refractivity contribution in [3.8, 4) is 5.75 Å². The average Bonchev–Trinajstić information content (AvgIpc) is 2.78. The molecule has 29 heavy (non-hydrogen) atoms. The van der Waals surface area contributed by atoms with E-state index in [9.17, 15) is 9.59 Å². The summed E-state index contributed by atoms with van der Waals surface area (Å²) in [6.07, 6.45) is 0.764. The Morgan fingerprint density at radius 1 is 1.03 bits per heavy atom. The van der Waals surface area contributed by atoms with Crippen molar-refractivity contribution >= 4 is 34.3 Å². The predicted octanol–water partition coefficient (Wildman–Crippen LogP) is 3.51. The van der Waals surface area contributed by atoms with Crippen LogP contribution in [-0.4, -0.2) is 45.1 Å². The number of hydrogen-bond donors (Lipinski definition) is 1. The number of rotatable bonds is 6. The Labute approximate surface area is 169 Å². The Bertz CT molecular complexity index is 1010. The molecule has 1 aliphatic heterocycles. The van der Waals surface area contributed by atoms with E-state index in [4.69, 9.17) is 9.47 Å². The van der Waals surface area contributed by atoms with E-state index < -0.39 is 0 Å². The number of amides is 1. The molecule has 0 spiro atoms. The van der Waals surface area contributed by atoms with Gasteiger partial charge in [0.2, 0.25) is 0 Å². The fourth-order valence-corrected chi connectivity index (χ4v) is 3.44. The molecule has 1 saturated heterocycles. The molecule has 1 heterocycles. The predicted molar refractivity (Wildman–Crippen MR) is 113 cm³/mol. The first kappa shape index (κ1) is 19.0. The molecule has 1 N–H and O–H groups in total. The van der Waals surface area contributed by atoms with E-state index in [2.05, 4.69) is 10.2 Å². The summed E-state index contributed by atoms with van der Waals surface area (Å²) in [7, 11) is 0. The number of ether oxygens (including phenoxy) is 2. The lowest BCUT2D eigenvalue weighted by Gasteiger charge is -2.28. The number of fused-ring (bicyclic) bond motifs is 1. The van der Waals surface area contributed by atoms with Crippen molar-refractivity contribution in [1.82, 2.24) is 0 Å². The molecular weight excluding hydrogens is 368 g/mol. The molecule has 0 radical (unpaired) electrons. The number of carbonyl (C=O) groups excluding carboxylic acids is 2. The Hall–Kier alpha value is -3.38.